The Kier molecular flexibility index (Phi) is 2.26. The molecule has 1 heterocycles. The predicted octanol–water partition coefficient (Wildman–Crippen LogP) is 2.67. The number of aliphatic hydroxyl groups is 1. The number of nitrogens with zero attached hydrogens (tertiary/aromatic N) is 1. The summed E-state index contributed by atoms with van der Waals surface area (Å²) in [5, 5.41) is 10.4. The maximum Gasteiger partial charge on any atom is 0.0963 e. The highest BCUT2D eigenvalue weighted by molar-refractivity contribution is 6.31. The van der Waals surface area contributed by atoms with Crippen molar-refractivity contribution in [1.29, 1.82) is 0 Å². The molecule has 1 N–H and O–H groups in total. The number of pyridine rings is 1. The molecule has 0 unspecified atom stereocenters. The maximum atomic E-state index is 9.68. The van der Waals surface area contributed by atoms with Crippen molar-refractivity contribution in [3.05, 3.63) is 28.5 Å². The van der Waals surface area contributed by atoms with Crippen LogP contribution in [0.1, 0.15) is 43.0 Å². The molecule has 0 fully saturated rings. The fourth-order valence-corrected chi connectivity index (χ4v) is 2.25. The van der Waals surface area contributed by atoms with Crippen LogP contribution in [0, 0.1) is 0 Å². The molecule has 1 aliphatic rings. The van der Waals surface area contributed by atoms with E-state index in [9.17, 15) is 5.11 Å². The standard InChI is InChI=1S/C10H12ClNO/c1-6-2-3-8(13)10-9(6)7(11)4-5-12-10/h4-6,8,13H,2-3H2,1H3/t6-,8-/m1/s1. The Morgan fingerprint density at radius 3 is 3.00 bits per heavy atom. The largest absolute Gasteiger partial charge is 0.387 e. The molecule has 0 spiro atoms. The summed E-state index contributed by atoms with van der Waals surface area (Å²) in [5.74, 6) is 0.416. The first kappa shape index (κ1) is 8.97. The van der Waals surface area contributed by atoms with Gasteiger partial charge < -0.3 is 5.11 Å². The van der Waals surface area contributed by atoms with Crippen molar-refractivity contribution in [2.45, 2.75) is 31.8 Å². The van der Waals surface area contributed by atoms with Crippen LogP contribution in [0.3, 0.4) is 0 Å². The Labute approximate surface area is 82.6 Å². The molecule has 2 rings (SSSR count). The lowest BCUT2D eigenvalue weighted by molar-refractivity contribution is 0.146. The SMILES string of the molecule is C[C@@H]1CC[C@@H](O)c2nccc(Cl)c21. The Morgan fingerprint density at radius 1 is 1.54 bits per heavy atom. The quantitative estimate of drug-likeness (QED) is 0.694. The average molecular weight is 198 g/mol. The van der Waals surface area contributed by atoms with Crippen LogP contribution in [0.5, 0.6) is 0 Å². The fraction of sp³-hybridized carbons (Fsp3) is 0.500. The van der Waals surface area contributed by atoms with E-state index in [1.54, 1.807) is 12.3 Å². The first-order valence-corrected chi connectivity index (χ1v) is 4.90. The normalized spacial score (nSPS) is 27.0. The lowest BCUT2D eigenvalue weighted by atomic mass is 9.85. The highest BCUT2D eigenvalue weighted by atomic mass is 35.5. The summed E-state index contributed by atoms with van der Waals surface area (Å²) in [4.78, 5) is 4.18. The number of hydrogen-bond acceptors (Lipinski definition) is 2. The van der Waals surface area contributed by atoms with Crippen LogP contribution in [-0.4, -0.2) is 10.1 Å². The molecule has 1 aromatic rings. The van der Waals surface area contributed by atoms with Gasteiger partial charge in [-0.2, -0.15) is 0 Å². The predicted molar refractivity (Wildman–Crippen MR) is 51.9 cm³/mol. The topological polar surface area (TPSA) is 33.1 Å². The van der Waals surface area contributed by atoms with Crippen LogP contribution < -0.4 is 0 Å². The van der Waals surface area contributed by atoms with Gasteiger partial charge in [0.05, 0.1) is 11.8 Å². The molecule has 0 saturated heterocycles. The van der Waals surface area contributed by atoms with Gasteiger partial charge in [0.1, 0.15) is 0 Å². The van der Waals surface area contributed by atoms with E-state index in [0.717, 1.165) is 29.1 Å². The molecule has 0 saturated carbocycles. The van der Waals surface area contributed by atoms with Crippen molar-refractivity contribution >= 4 is 11.6 Å². The lowest BCUT2D eigenvalue weighted by Crippen LogP contribution is -2.14. The maximum absolute atomic E-state index is 9.68. The third kappa shape index (κ3) is 1.45. The van der Waals surface area contributed by atoms with E-state index < -0.39 is 6.10 Å². The second-order valence-corrected chi connectivity index (χ2v) is 3.99. The second-order valence-electron chi connectivity index (χ2n) is 3.59. The number of rotatable bonds is 0. The van der Waals surface area contributed by atoms with E-state index in [2.05, 4.69) is 11.9 Å². The van der Waals surface area contributed by atoms with Crippen molar-refractivity contribution < 1.29 is 5.11 Å². The van der Waals surface area contributed by atoms with E-state index in [0.29, 0.717) is 5.92 Å². The molecule has 1 aromatic heterocycles. The molecule has 70 valence electrons. The van der Waals surface area contributed by atoms with Gasteiger partial charge in [0.25, 0.3) is 0 Å². The van der Waals surface area contributed by atoms with Gasteiger partial charge in [-0.05, 0) is 30.4 Å². The minimum absolute atomic E-state index is 0.416. The molecule has 1 aliphatic carbocycles. The van der Waals surface area contributed by atoms with Gasteiger partial charge in [0.2, 0.25) is 0 Å². The summed E-state index contributed by atoms with van der Waals surface area (Å²) in [5.41, 5.74) is 1.80. The zero-order chi connectivity index (χ0) is 9.42. The Hall–Kier alpha value is -0.600. The van der Waals surface area contributed by atoms with Crippen LogP contribution in [0.15, 0.2) is 12.3 Å². The smallest absolute Gasteiger partial charge is 0.0963 e. The number of aromatic nitrogens is 1. The van der Waals surface area contributed by atoms with Crippen LogP contribution in [0.4, 0.5) is 0 Å². The average Bonchev–Trinajstić information content (AvgIpc) is 2.12. The van der Waals surface area contributed by atoms with Gasteiger partial charge in [0, 0.05) is 11.2 Å². The van der Waals surface area contributed by atoms with E-state index in [1.807, 2.05) is 0 Å². The first-order valence-electron chi connectivity index (χ1n) is 4.52. The Balaban J connectivity index is 2.56. The number of halogens is 1. The second kappa shape index (κ2) is 3.28. The minimum atomic E-state index is -0.426. The van der Waals surface area contributed by atoms with Gasteiger partial charge in [-0.15, -0.1) is 0 Å². The molecule has 2 nitrogen and oxygen atoms in total. The van der Waals surface area contributed by atoms with Gasteiger partial charge in [0.15, 0.2) is 0 Å². The van der Waals surface area contributed by atoms with Gasteiger partial charge in [-0.3, -0.25) is 4.98 Å². The summed E-state index contributed by atoms with van der Waals surface area (Å²) in [7, 11) is 0. The molecule has 3 heteroatoms. The van der Waals surface area contributed by atoms with Gasteiger partial charge in [-0.1, -0.05) is 18.5 Å². The first-order chi connectivity index (χ1) is 6.20. The van der Waals surface area contributed by atoms with Crippen molar-refractivity contribution in [3.63, 3.8) is 0 Å². The highest BCUT2D eigenvalue weighted by Gasteiger charge is 2.26. The zero-order valence-electron chi connectivity index (χ0n) is 7.50. The summed E-state index contributed by atoms with van der Waals surface area (Å²) in [6.07, 6.45) is 3.01. The van der Waals surface area contributed by atoms with E-state index in [1.165, 1.54) is 0 Å². The Morgan fingerprint density at radius 2 is 2.31 bits per heavy atom. The summed E-state index contributed by atoms with van der Waals surface area (Å²) < 4.78 is 0. The van der Waals surface area contributed by atoms with Crippen LogP contribution in [0.2, 0.25) is 5.02 Å². The van der Waals surface area contributed by atoms with Crippen LogP contribution in [-0.2, 0) is 0 Å². The van der Waals surface area contributed by atoms with Crippen LogP contribution in [0.25, 0.3) is 0 Å². The number of aliphatic hydroxyl groups excluding tert-OH is 1. The van der Waals surface area contributed by atoms with Crippen molar-refractivity contribution in [2.75, 3.05) is 0 Å². The third-order valence-electron chi connectivity index (χ3n) is 2.65. The molecule has 0 aliphatic heterocycles. The summed E-state index contributed by atoms with van der Waals surface area (Å²) >= 11 is 6.05. The summed E-state index contributed by atoms with van der Waals surface area (Å²) in [6, 6.07) is 1.79. The molecular formula is C10H12ClNO. The fourth-order valence-electron chi connectivity index (χ4n) is 1.91. The van der Waals surface area contributed by atoms with Crippen molar-refractivity contribution in [3.8, 4) is 0 Å². The molecular weight excluding hydrogens is 186 g/mol. The van der Waals surface area contributed by atoms with E-state index in [4.69, 9.17) is 11.6 Å². The molecule has 0 bridgehead atoms. The highest BCUT2D eigenvalue weighted by Crippen LogP contribution is 2.39. The molecule has 0 amide bonds. The third-order valence-corrected chi connectivity index (χ3v) is 2.98. The molecule has 2 atom stereocenters. The van der Waals surface area contributed by atoms with Crippen LogP contribution >= 0.6 is 11.6 Å². The number of hydrogen-bond donors (Lipinski definition) is 1. The van der Waals surface area contributed by atoms with E-state index >= 15 is 0 Å². The zero-order valence-corrected chi connectivity index (χ0v) is 8.25. The van der Waals surface area contributed by atoms with Crippen molar-refractivity contribution in [1.82, 2.24) is 4.98 Å². The Bertz CT molecular complexity index is 327. The van der Waals surface area contributed by atoms with Gasteiger partial charge in [-0.25, -0.2) is 0 Å². The summed E-state index contributed by atoms with van der Waals surface area (Å²) in [6.45, 7) is 2.12. The molecule has 0 radical (unpaired) electrons. The number of fused-ring (bicyclic) bond motifs is 1. The molecule has 0 aromatic carbocycles. The van der Waals surface area contributed by atoms with Gasteiger partial charge >= 0.3 is 0 Å². The van der Waals surface area contributed by atoms with Crippen molar-refractivity contribution in [2.24, 2.45) is 0 Å². The molecule has 13 heavy (non-hydrogen) atoms. The minimum Gasteiger partial charge on any atom is -0.387 e. The monoisotopic (exact) mass is 197 g/mol. The lowest BCUT2D eigenvalue weighted by Gasteiger charge is -2.26. The van der Waals surface area contributed by atoms with E-state index in [-0.39, 0.29) is 0 Å².